The van der Waals surface area contributed by atoms with Crippen molar-refractivity contribution in [1.29, 1.82) is 5.26 Å². The summed E-state index contributed by atoms with van der Waals surface area (Å²) < 4.78 is 19.5. The Morgan fingerprint density at radius 2 is 2.00 bits per heavy atom. The first-order chi connectivity index (χ1) is 9.01. The quantitative estimate of drug-likeness (QED) is 0.644. The molecule has 2 aromatic carbocycles. The van der Waals surface area contributed by atoms with Gasteiger partial charge in [0, 0.05) is 6.07 Å². The van der Waals surface area contributed by atoms with Gasteiger partial charge in [-0.3, -0.25) is 0 Å². The molecule has 0 unspecified atom stereocenters. The number of hydrogen-bond acceptors (Lipinski definition) is 3. The SMILES string of the molecule is Cc1ccc(C#N)cc1Oc1cc(F)c(I)cc1N. The predicted octanol–water partition coefficient (Wildman–Crippen LogP) is 3.98. The number of benzene rings is 2. The molecule has 2 rings (SSSR count). The Hall–Kier alpha value is -1.81. The van der Waals surface area contributed by atoms with Crippen LogP contribution in [0, 0.1) is 27.6 Å². The van der Waals surface area contributed by atoms with Crippen molar-refractivity contribution < 1.29 is 9.13 Å². The second-order valence-electron chi connectivity index (χ2n) is 4.00. The molecular formula is C14H10FIN2O. The molecule has 2 N–H and O–H groups in total. The van der Waals surface area contributed by atoms with Crippen LogP contribution in [-0.4, -0.2) is 0 Å². The molecule has 0 heterocycles. The average Bonchev–Trinajstić information content (AvgIpc) is 2.38. The lowest BCUT2D eigenvalue weighted by Crippen LogP contribution is -1.96. The van der Waals surface area contributed by atoms with E-state index in [4.69, 9.17) is 15.7 Å². The number of nitrogen functional groups attached to an aromatic ring is 1. The fourth-order valence-electron chi connectivity index (χ4n) is 1.53. The number of nitriles is 1. The van der Waals surface area contributed by atoms with E-state index < -0.39 is 0 Å². The molecule has 0 bridgehead atoms. The predicted molar refractivity (Wildman–Crippen MR) is 79.5 cm³/mol. The summed E-state index contributed by atoms with van der Waals surface area (Å²) in [5.41, 5.74) is 7.47. The van der Waals surface area contributed by atoms with E-state index in [1.54, 1.807) is 18.2 Å². The Labute approximate surface area is 123 Å². The third-order valence-electron chi connectivity index (χ3n) is 2.59. The maximum Gasteiger partial charge on any atom is 0.153 e. The van der Waals surface area contributed by atoms with Crippen molar-refractivity contribution in [2.75, 3.05) is 5.73 Å². The smallest absolute Gasteiger partial charge is 0.153 e. The molecule has 0 saturated carbocycles. The van der Waals surface area contributed by atoms with Crippen LogP contribution in [0.15, 0.2) is 30.3 Å². The minimum Gasteiger partial charge on any atom is -0.455 e. The normalized spacial score (nSPS) is 10.0. The average molecular weight is 368 g/mol. The molecule has 0 saturated heterocycles. The molecule has 19 heavy (non-hydrogen) atoms. The second-order valence-corrected chi connectivity index (χ2v) is 5.16. The highest BCUT2D eigenvalue weighted by molar-refractivity contribution is 14.1. The van der Waals surface area contributed by atoms with Crippen LogP contribution in [-0.2, 0) is 0 Å². The Bertz CT molecular complexity index is 680. The van der Waals surface area contributed by atoms with Gasteiger partial charge < -0.3 is 10.5 Å². The van der Waals surface area contributed by atoms with E-state index in [0.717, 1.165) is 5.56 Å². The van der Waals surface area contributed by atoms with Crippen molar-refractivity contribution in [2.45, 2.75) is 6.92 Å². The molecule has 0 aliphatic carbocycles. The van der Waals surface area contributed by atoms with Gasteiger partial charge in [-0.1, -0.05) is 6.07 Å². The Morgan fingerprint density at radius 1 is 1.26 bits per heavy atom. The topological polar surface area (TPSA) is 59.0 Å². The summed E-state index contributed by atoms with van der Waals surface area (Å²) in [5, 5.41) is 8.86. The molecule has 5 heteroatoms. The highest BCUT2D eigenvalue weighted by Gasteiger charge is 2.10. The van der Waals surface area contributed by atoms with E-state index >= 15 is 0 Å². The number of aryl methyl sites for hydroxylation is 1. The van der Waals surface area contributed by atoms with Gasteiger partial charge in [-0.15, -0.1) is 0 Å². The zero-order chi connectivity index (χ0) is 14.0. The van der Waals surface area contributed by atoms with Crippen LogP contribution in [0.3, 0.4) is 0 Å². The molecule has 0 fully saturated rings. The van der Waals surface area contributed by atoms with Gasteiger partial charge in [0.15, 0.2) is 5.75 Å². The monoisotopic (exact) mass is 368 g/mol. The van der Waals surface area contributed by atoms with Gasteiger partial charge in [0.25, 0.3) is 0 Å². The van der Waals surface area contributed by atoms with Crippen LogP contribution in [0.4, 0.5) is 10.1 Å². The standard InChI is InChI=1S/C14H10FIN2O/c1-8-2-3-9(7-17)4-13(8)19-14-5-10(15)11(16)6-12(14)18/h2-6H,18H2,1H3. The van der Waals surface area contributed by atoms with Crippen molar-refractivity contribution in [3.63, 3.8) is 0 Å². The maximum absolute atomic E-state index is 13.5. The van der Waals surface area contributed by atoms with E-state index in [9.17, 15) is 4.39 Å². The molecule has 0 radical (unpaired) electrons. The number of hydrogen-bond donors (Lipinski definition) is 1. The number of nitrogens with two attached hydrogens (primary N) is 1. The molecule has 3 nitrogen and oxygen atoms in total. The summed E-state index contributed by atoms with van der Waals surface area (Å²) in [6.07, 6.45) is 0. The van der Waals surface area contributed by atoms with Crippen molar-refractivity contribution in [1.82, 2.24) is 0 Å². The lowest BCUT2D eigenvalue weighted by molar-refractivity contribution is 0.475. The maximum atomic E-state index is 13.5. The highest BCUT2D eigenvalue weighted by Crippen LogP contribution is 2.32. The molecule has 96 valence electrons. The van der Waals surface area contributed by atoms with E-state index in [1.165, 1.54) is 12.1 Å². The van der Waals surface area contributed by atoms with Gasteiger partial charge in [0.1, 0.15) is 11.6 Å². The Morgan fingerprint density at radius 3 is 2.68 bits per heavy atom. The van der Waals surface area contributed by atoms with Gasteiger partial charge in [-0.2, -0.15) is 5.26 Å². The summed E-state index contributed by atoms with van der Waals surface area (Å²) in [7, 11) is 0. The van der Waals surface area contributed by atoms with Crippen LogP contribution < -0.4 is 10.5 Å². The summed E-state index contributed by atoms with van der Waals surface area (Å²) >= 11 is 1.86. The zero-order valence-corrected chi connectivity index (χ0v) is 12.2. The van der Waals surface area contributed by atoms with E-state index in [1.807, 2.05) is 35.6 Å². The largest absolute Gasteiger partial charge is 0.455 e. The summed E-state index contributed by atoms with van der Waals surface area (Å²) in [4.78, 5) is 0. The number of nitrogens with zero attached hydrogens (tertiary/aromatic N) is 1. The van der Waals surface area contributed by atoms with E-state index in [0.29, 0.717) is 20.6 Å². The fraction of sp³-hybridized carbons (Fsp3) is 0.0714. The summed E-state index contributed by atoms with van der Waals surface area (Å²) in [6.45, 7) is 1.84. The van der Waals surface area contributed by atoms with Crippen molar-refractivity contribution in [3.05, 3.63) is 50.8 Å². The van der Waals surface area contributed by atoms with Gasteiger partial charge in [0.2, 0.25) is 0 Å². The number of anilines is 1. The van der Waals surface area contributed by atoms with Crippen LogP contribution in [0.5, 0.6) is 11.5 Å². The van der Waals surface area contributed by atoms with Gasteiger partial charge >= 0.3 is 0 Å². The van der Waals surface area contributed by atoms with E-state index in [-0.39, 0.29) is 11.6 Å². The lowest BCUT2D eigenvalue weighted by atomic mass is 10.1. The first kappa shape index (κ1) is 13.6. The van der Waals surface area contributed by atoms with Crippen LogP contribution in [0.2, 0.25) is 0 Å². The molecule has 0 aliphatic heterocycles. The van der Waals surface area contributed by atoms with Gasteiger partial charge in [0.05, 0.1) is 20.9 Å². The number of ether oxygens (including phenoxy) is 1. The molecule has 0 spiro atoms. The minimum atomic E-state index is -0.390. The van der Waals surface area contributed by atoms with Crippen molar-refractivity contribution in [3.8, 4) is 17.6 Å². The molecule has 0 atom stereocenters. The third-order valence-corrected chi connectivity index (χ3v) is 3.42. The van der Waals surface area contributed by atoms with Gasteiger partial charge in [-0.05, 0) is 53.3 Å². The van der Waals surface area contributed by atoms with Crippen molar-refractivity contribution >= 4 is 28.3 Å². The molecular weight excluding hydrogens is 358 g/mol. The second kappa shape index (κ2) is 5.45. The van der Waals surface area contributed by atoms with Crippen LogP contribution >= 0.6 is 22.6 Å². The Kier molecular flexibility index (Phi) is 3.90. The number of rotatable bonds is 2. The fourth-order valence-corrected chi connectivity index (χ4v) is 2.02. The summed E-state index contributed by atoms with van der Waals surface area (Å²) in [6, 6.07) is 9.85. The van der Waals surface area contributed by atoms with Crippen LogP contribution in [0.1, 0.15) is 11.1 Å². The third kappa shape index (κ3) is 2.96. The van der Waals surface area contributed by atoms with Gasteiger partial charge in [-0.25, -0.2) is 4.39 Å². The lowest BCUT2D eigenvalue weighted by Gasteiger charge is -2.11. The molecule has 2 aromatic rings. The minimum absolute atomic E-state index is 0.246. The van der Waals surface area contributed by atoms with E-state index in [2.05, 4.69) is 0 Å². The molecule has 0 aromatic heterocycles. The van der Waals surface area contributed by atoms with Crippen LogP contribution in [0.25, 0.3) is 0 Å². The highest BCUT2D eigenvalue weighted by atomic mass is 127. The number of halogens is 2. The first-order valence-corrected chi connectivity index (χ1v) is 6.52. The first-order valence-electron chi connectivity index (χ1n) is 5.44. The zero-order valence-electron chi connectivity index (χ0n) is 10.1. The Balaban J connectivity index is 2.42. The van der Waals surface area contributed by atoms with Crippen molar-refractivity contribution in [2.24, 2.45) is 0 Å². The molecule has 0 aliphatic rings. The molecule has 0 amide bonds. The summed E-state index contributed by atoms with van der Waals surface area (Å²) in [5.74, 6) is 0.348.